The van der Waals surface area contributed by atoms with Crippen molar-refractivity contribution in [3.05, 3.63) is 35.2 Å². The molecule has 2 fully saturated rings. The number of fused-ring (bicyclic) bond motifs is 2. The van der Waals surface area contributed by atoms with Crippen LogP contribution in [0.1, 0.15) is 29.8 Å². The predicted octanol–water partition coefficient (Wildman–Crippen LogP) is 2.38. The number of hydrogen-bond donors (Lipinski definition) is 0. The first-order valence-corrected chi connectivity index (χ1v) is 7.68. The molecule has 1 amide bonds. The molecule has 2 aliphatic rings. The fourth-order valence-electron chi connectivity index (χ4n) is 3.47. The smallest absolute Gasteiger partial charge is 0.274 e. The Hall–Kier alpha value is -1.59. The van der Waals surface area contributed by atoms with E-state index in [1.54, 1.807) is 4.40 Å². The van der Waals surface area contributed by atoms with Crippen LogP contribution in [0.25, 0.3) is 5.65 Å². The van der Waals surface area contributed by atoms with Crippen molar-refractivity contribution in [3.8, 4) is 0 Å². The van der Waals surface area contributed by atoms with Gasteiger partial charge in [0.2, 0.25) is 0 Å². The molecule has 21 heavy (non-hydrogen) atoms. The van der Waals surface area contributed by atoms with Gasteiger partial charge in [0.25, 0.3) is 5.91 Å². The number of carbonyl (C=O) groups is 1. The molecular weight excluding hydrogens is 290 g/mol. The van der Waals surface area contributed by atoms with Gasteiger partial charge in [-0.15, -0.1) is 0 Å². The van der Waals surface area contributed by atoms with Crippen molar-refractivity contribution in [1.82, 2.24) is 14.3 Å². The Morgan fingerprint density at radius 2 is 2.29 bits per heavy atom. The van der Waals surface area contributed by atoms with Crippen molar-refractivity contribution in [3.63, 3.8) is 0 Å². The second-order valence-corrected chi connectivity index (χ2v) is 5.94. The van der Waals surface area contributed by atoms with E-state index >= 15 is 0 Å². The van der Waals surface area contributed by atoms with E-state index in [2.05, 4.69) is 4.98 Å². The fraction of sp³-hybridized carbons (Fsp3) is 0.467. The first-order valence-electron chi connectivity index (χ1n) is 7.31. The monoisotopic (exact) mass is 305 g/mol. The summed E-state index contributed by atoms with van der Waals surface area (Å²) in [5.41, 5.74) is 1.15. The summed E-state index contributed by atoms with van der Waals surface area (Å²) in [5.74, 6) is -0.0427. The highest BCUT2D eigenvalue weighted by atomic mass is 35.5. The molecule has 3 heterocycles. The van der Waals surface area contributed by atoms with Crippen LogP contribution in [-0.2, 0) is 4.74 Å². The van der Waals surface area contributed by atoms with E-state index in [4.69, 9.17) is 16.3 Å². The molecule has 4 rings (SSSR count). The van der Waals surface area contributed by atoms with Crippen molar-refractivity contribution >= 4 is 23.2 Å². The molecule has 0 N–H and O–H groups in total. The molecule has 0 bridgehead atoms. The molecule has 1 saturated heterocycles. The van der Waals surface area contributed by atoms with Crippen molar-refractivity contribution in [2.75, 3.05) is 13.2 Å². The van der Waals surface area contributed by atoms with Gasteiger partial charge in [-0.25, -0.2) is 4.98 Å². The highest BCUT2D eigenvalue weighted by Crippen LogP contribution is 2.31. The second kappa shape index (κ2) is 5.00. The van der Waals surface area contributed by atoms with Gasteiger partial charge in [0.05, 0.1) is 18.8 Å². The standard InChI is InChI=1S/C15H16ClN3O2/c16-14-13(19-7-2-1-6-12(19)17-14)15(20)18-8-9-21-11-5-3-4-10(11)18/h1-2,6-7,10-11H,3-5,8-9H2/t10-,11+/m1/s1. The summed E-state index contributed by atoms with van der Waals surface area (Å²) in [4.78, 5) is 19.1. The lowest BCUT2D eigenvalue weighted by molar-refractivity contribution is -0.0447. The maximum atomic E-state index is 13.0. The highest BCUT2D eigenvalue weighted by molar-refractivity contribution is 6.32. The maximum Gasteiger partial charge on any atom is 0.274 e. The number of amides is 1. The molecular formula is C15H16ClN3O2. The molecule has 0 unspecified atom stereocenters. The fourth-order valence-corrected chi connectivity index (χ4v) is 3.73. The SMILES string of the molecule is O=C(c1c(Cl)nc2ccccn12)N1CCO[C@H]2CCC[C@H]21. The molecule has 2 aromatic rings. The van der Waals surface area contributed by atoms with Gasteiger partial charge in [-0.1, -0.05) is 17.7 Å². The maximum absolute atomic E-state index is 13.0. The molecule has 110 valence electrons. The quantitative estimate of drug-likeness (QED) is 0.812. The average Bonchev–Trinajstić information content (AvgIpc) is 3.09. The van der Waals surface area contributed by atoms with Crippen LogP contribution >= 0.6 is 11.6 Å². The molecule has 5 nitrogen and oxygen atoms in total. The summed E-state index contributed by atoms with van der Waals surface area (Å²) in [6, 6.07) is 5.78. The third-order valence-electron chi connectivity index (χ3n) is 4.43. The first-order chi connectivity index (χ1) is 10.3. The minimum absolute atomic E-state index is 0.0427. The van der Waals surface area contributed by atoms with Crippen LogP contribution in [0.5, 0.6) is 0 Å². The van der Waals surface area contributed by atoms with Crippen LogP contribution in [0.15, 0.2) is 24.4 Å². The number of rotatable bonds is 1. The number of ether oxygens (including phenoxy) is 1. The zero-order valence-corrected chi connectivity index (χ0v) is 12.3. The Morgan fingerprint density at radius 3 is 3.19 bits per heavy atom. The third-order valence-corrected chi connectivity index (χ3v) is 4.70. The second-order valence-electron chi connectivity index (χ2n) is 5.59. The Labute approximate surface area is 127 Å². The molecule has 1 aliphatic heterocycles. The van der Waals surface area contributed by atoms with Gasteiger partial charge < -0.3 is 9.64 Å². The molecule has 6 heteroatoms. The number of pyridine rings is 1. The summed E-state index contributed by atoms with van der Waals surface area (Å²) in [6.07, 6.45) is 5.16. The van der Waals surface area contributed by atoms with E-state index in [0.717, 1.165) is 19.3 Å². The lowest BCUT2D eigenvalue weighted by Gasteiger charge is -2.37. The van der Waals surface area contributed by atoms with Crippen molar-refractivity contribution in [2.24, 2.45) is 0 Å². The van der Waals surface area contributed by atoms with Crippen molar-refractivity contribution < 1.29 is 9.53 Å². The Kier molecular flexibility index (Phi) is 3.12. The minimum Gasteiger partial charge on any atom is -0.374 e. The molecule has 1 saturated carbocycles. The molecule has 2 aromatic heterocycles. The Balaban J connectivity index is 1.74. The van der Waals surface area contributed by atoms with E-state index in [0.29, 0.717) is 24.5 Å². The summed E-state index contributed by atoms with van der Waals surface area (Å²) in [7, 11) is 0. The van der Waals surface area contributed by atoms with Gasteiger partial charge in [-0.3, -0.25) is 9.20 Å². The van der Waals surface area contributed by atoms with E-state index in [1.165, 1.54) is 0 Å². The van der Waals surface area contributed by atoms with Crippen LogP contribution in [0.3, 0.4) is 0 Å². The van der Waals surface area contributed by atoms with Gasteiger partial charge in [0.1, 0.15) is 5.65 Å². The van der Waals surface area contributed by atoms with Crippen LogP contribution in [0.4, 0.5) is 0 Å². The molecule has 2 atom stereocenters. The molecule has 0 aromatic carbocycles. The van der Waals surface area contributed by atoms with Crippen LogP contribution < -0.4 is 0 Å². The number of imidazole rings is 1. The number of morpholine rings is 1. The summed E-state index contributed by atoms with van der Waals surface area (Å²) >= 11 is 6.21. The molecule has 1 aliphatic carbocycles. The van der Waals surface area contributed by atoms with Gasteiger partial charge >= 0.3 is 0 Å². The van der Waals surface area contributed by atoms with Crippen LogP contribution in [0, 0.1) is 0 Å². The van der Waals surface area contributed by atoms with Crippen LogP contribution in [0.2, 0.25) is 5.15 Å². The Morgan fingerprint density at radius 1 is 1.38 bits per heavy atom. The Bertz CT molecular complexity index is 699. The first kappa shape index (κ1) is 13.1. The van der Waals surface area contributed by atoms with E-state index in [1.807, 2.05) is 29.3 Å². The van der Waals surface area contributed by atoms with Crippen LogP contribution in [-0.4, -0.2) is 45.5 Å². The van der Waals surface area contributed by atoms with Gasteiger partial charge in [-0.05, 0) is 31.4 Å². The number of aromatic nitrogens is 2. The number of nitrogens with zero attached hydrogens (tertiary/aromatic N) is 3. The predicted molar refractivity (Wildman–Crippen MR) is 78.6 cm³/mol. The third kappa shape index (κ3) is 2.03. The zero-order chi connectivity index (χ0) is 14.4. The summed E-state index contributed by atoms with van der Waals surface area (Å²) in [6.45, 7) is 1.22. The normalized spacial score (nSPS) is 25.3. The minimum atomic E-state index is -0.0427. The number of hydrogen-bond acceptors (Lipinski definition) is 3. The van der Waals surface area contributed by atoms with E-state index in [-0.39, 0.29) is 23.2 Å². The van der Waals surface area contributed by atoms with Crippen molar-refractivity contribution in [2.45, 2.75) is 31.4 Å². The lowest BCUT2D eigenvalue weighted by Crippen LogP contribution is -2.51. The van der Waals surface area contributed by atoms with E-state index in [9.17, 15) is 4.79 Å². The average molecular weight is 306 g/mol. The van der Waals surface area contributed by atoms with Gasteiger partial charge in [0.15, 0.2) is 10.8 Å². The van der Waals surface area contributed by atoms with Crippen molar-refractivity contribution in [1.29, 1.82) is 0 Å². The van der Waals surface area contributed by atoms with E-state index < -0.39 is 0 Å². The highest BCUT2D eigenvalue weighted by Gasteiger charge is 2.39. The summed E-state index contributed by atoms with van der Waals surface area (Å²) in [5, 5.41) is 0.271. The number of halogens is 1. The molecule has 0 spiro atoms. The summed E-state index contributed by atoms with van der Waals surface area (Å²) < 4.78 is 7.54. The lowest BCUT2D eigenvalue weighted by atomic mass is 10.1. The van der Waals surface area contributed by atoms with Gasteiger partial charge in [0, 0.05) is 12.7 Å². The topological polar surface area (TPSA) is 46.8 Å². The largest absolute Gasteiger partial charge is 0.374 e. The molecule has 0 radical (unpaired) electrons. The number of carbonyl (C=O) groups excluding carboxylic acids is 1. The zero-order valence-electron chi connectivity index (χ0n) is 11.5. The van der Waals surface area contributed by atoms with Gasteiger partial charge in [-0.2, -0.15) is 0 Å².